The summed E-state index contributed by atoms with van der Waals surface area (Å²) in [5.41, 5.74) is 6.68. The minimum absolute atomic E-state index is 0.628. The minimum Gasteiger partial charge on any atom is -0.456 e. The number of para-hydroxylation sites is 1. The normalized spacial score (nSPS) is 11.4. The van der Waals surface area contributed by atoms with E-state index < -0.39 is 0 Å². The maximum absolute atomic E-state index is 6.26. The zero-order valence-electron chi connectivity index (χ0n) is 22.0. The van der Waals surface area contributed by atoms with Gasteiger partial charge in [-0.25, -0.2) is 15.0 Å². The number of nitrogens with zero attached hydrogens (tertiary/aromatic N) is 3. The van der Waals surface area contributed by atoms with Crippen molar-refractivity contribution in [3.63, 3.8) is 0 Å². The predicted molar refractivity (Wildman–Crippen MR) is 166 cm³/mol. The SMILES string of the molecule is c1ccc(-c2nc(-c3ccccc3)nc(-c3cc4ccccc4cc3-c3cccc4oc5ccccc5c34)n2)cc1. The highest BCUT2D eigenvalue weighted by Crippen LogP contribution is 2.42. The van der Waals surface area contributed by atoms with E-state index >= 15 is 0 Å². The van der Waals surface area contributed by atoms with Crippen molar-refractivity contribution in [2.75, 3.05) is 0 Å². The van der Waals surface area contributed by atoms with Crippen LogP contribution in [0.4, 0.5) is 0 Å². The number of rotatable bonds is 4. The molecule has 0 aliphatic carbocycles. The molecule has 0 saturated heterocycles. The van der Waals surface area contributed by atoms with Gasteiger partial charge >= 0.3 is 0 Å². The molecule has 6 aromatic carbocycles. The van der Waals surface area contributed by atoms with Crippen molar-refractivity contribution >= 4 is 32.7 Å². The Bertz CT molecular complexity index is 2140. The van der Waals surface area contributed by atoms with Crippen molar-refractivity contribution in [1.82, 2.24) is 15.0 Å². The molecule has 41 heavy (non-hydrogen) atoms. The van der Waals surface area contributed by atoms with Crippen molar-refractivity contribution in [1.29, 1.82) is 0 Å². The molecule has 192 valence electrons. The van der Waals surface area contributed by atoms with Crippen molar-refractivity contribution < 1.29 is 4.42 Å². The Kier molecular flexibility index (Phi) is 5.42. The molecule has 4 nitrogen and oxygen atoms in total. The topological polar surface area (TPSA) is 51.8 Å². The number of furan rings is 1. The molecular weight excluding hydrogens is 502 g/mol. The number of aromatic nitrogens is 3. The van der Waals surface area contributed by atoms with Gasteiger partial charge in [-0.2, -0.15) is 0 Å². The van der Waals surface area contributed by atoms with Crippen LogP contribution in [0.1, 0.15) is 0 Å². The van der Waals surface area contributed by atoms with Gasteiger partial charge in [0.1, 0.15) is 11.2 Å². The van der Waals surface area contributed by atoms with Crippen molar-refractivity contribution in [3.05, 3.63) is 140 Å². The molecule has 0 aliphatic heterocycles. The molecule has 0 amide bonds. The van der Waals surface area contributed by atoms with E-state index in [1.807, 2.05) is 78.9 Å². The van der Waals surface area contributed by atoms with Crippen LogP contribution in [-0.2, 0) is 0 Å². The Hall–Kier alpha value is -5.61. The maximum atomic E-state index is 6.26. The lowest BCUT2D eigenvalue weighted by Crippen LogP contribution is -2.01. The van der Waals surface area contributed by atoms with Gasteiger partial charge < -0.3 is 4.42 Å². The van der Waals surface area contributed by atoms with Crippen LogP contribution in [-0.4, -0.2) is 15.0 Å². The van der Waals surface area contributed by atoms with Crippen LogP contribution in [0.5, 0.6) is 0 Å². The molecule has 0 N–H and O–H groups in total. The zero-order valence-corrected chi connectivity index (χ0v) is 22.0. The van der Waals surface area contributed by atoms with Gasteiger partial charge in [0.15, 0.2) is 17.5 Å². The van der Waals surface area contributed by atoms with Crippen LogP contribution in [0.2, 0.25) is 0 Å². The van der Waals surface area contributed by atoms with Crippen molar-refractivity contribution in [2.45, 2.75) is 0 Å². The van der Waals surface area contributed by atoms with Gasteiger partial charge in [-0.1, -0.05) is 115 Å². The fourth-order valence-electron chi connectivity index (χ4n) is 5.58. The van der Waals surface area contributed by atoms with Gasteiger partial charge in [-0.3, -0.25) is 0 Å². The molecule has 0 aliphatic rings. The Morgan fingerprint density at radius 2 is 0.927 bits per heavy atom. The Morgan fingerprint density at radius 1 is 0.390 bits per heavy atom. The van der Waals surface area contributed by atoms with Gasteiger partial charge in [0, 0.05) is 27.5 Å². The van der Waals surface area contributed by atoms with Crippen LogP contribution in [0.3, 0.4) is 0 Å². The second-order valence-electron chi connectivity index (χ2n) is 10.1. The van der Waals surface area contributed by atoms with E-state index in [1.54, 1.807) is 0 Å². The van der Waals surface area contributed by atoms with Gasteiger partial charge in [-0.15, -0.1) is 0 Å². The highest BCUT2D eigenvalue weighted by Gasteiger charge is 2.20. The number of benzene rings is 6. The van der Waals surface area contributed by atoms with Gasteiger partial charge in [-0.05, 0) is 46.2 Å². The first-order valence-electron chi connectivity index (χ1n) is 13.6. The molecule has 8 aromatic rings. The highest BCUT2D eigenvalue weighted by atomic mass is 16.3. The summed E-state index contributed by atoms with van der Waals surface area (Å²) in [6.07, 6.45) is 0. The molecule has 8 rings (SSSR count). The van der Waals surface area contributed by atoms with Crippen LogP contribution in [0, 0.1) is 0 Å². The first-order chi connectivity index (χ1) is 20.3. The van der Waals surface area contributed by atoms with Gasteiger partial charge in [0.2, 0.25) is 0 Å². The molecule has 0 atom stereocenters. The second kappa shape index (κ2) is 9.54. The molecule has 2 heterocycles. The largest absolute Gasteiger partial charge is 0.456 e. The average Bonchev–Trinajstić information content (AvgIpc) is 3.44. The second-order valence-corrected chi connectivity index (χ2v) is 10.1. The Morgan fingerprint density at radius 3 is 1.61 bits per heavy atom. The third-order valence-corrected chi connectivity index (χ3v) is 7.52. The minimum atomic E-state index is 0.628. The van der Waals surface area contributed by atoms with Crippen LogP contribution < -0.4 is 0 Å². The molecule has 0 bridgehead atoms. The van der Waals surface area contributed by atoms with Gasteiger partial charge in [0.25, 0.3) is 0 Å². The fraction of sp³-hybridized carbons (Fsp3) is 0. The van der Waals surface area contributed by atoms with Crippen LogP contribution >= 0.6 is 0 Å². The summed E-state index contributed by atoms with van der Waals surface area (Å²) in [7, 11) is 0. The third kappa shape index (κ3) is 4.05. The molecule has 0 unspecified atom stereocenters. The van der Waals surface area contributed by atoms with E-state index in [4.69, 9.17) is 19.4 Å². The molecule has 2 aromatic heterocycles. The molecule has 0 spiro atoms. The molecule has 0 radical (unpaired) electrons. The standard InChI is InChI=1S/C37H23N3O/c1-3-12-24(13-4-1)35-38-36(25-14-5-2-6-15-25)40-37(39-35)31-23-27-17-8-7-16-26(27)22-30(31)28-19-11-21-33-34(28)29-18-9-10-20-32(29)41-33/h1-23H. The lowest BCUT2D eigenvalue weighted by Gasteiger charge is -2.14. The summed E-state index contributed by atoms with van der Waals surface area (Å²) < 4.78 is 6.26. The van der Waals surface area contributed by atoms with Crippen molar-refractivity contribution in [3.8, 4) is 45.3 Å². The van der Waals surface area contributed by atoms with E-state index in [1.165, 1.54) is 0 Å². The fourth-order valence-corrected chi connectivity index (χ4v) is 5.58. The Labute approximate surface area is 236 Å². The summed E-state index contributed by atoms with van der Waals surface area (Å²) >= 11 is 0. The summed E-state index contributed by atoms with van der Waals surface area (Å²) in [5, 5.41) is 4.44. The third-order valence-electron chi connectivity index (χ3n) is 7.52. The van der Waals surface area contributed by atoms with Crippen molar-refractivity contribution in [2.24, 2.45) is 0 Å². The molecule has 0 saturated carbocycles. The first kappa shape index (κ1) is 23.3. The summed E-state index contributed by atoms with van der Waals surface area (Å²) in [6, 6.07) is 47.5. The predicted octanol–water partition coefficient (Wildman–Crippen LogP) is 9.59. The zero-order chi connectivity index (χ0) is 27.2. The number of fused-ring (bicyclic) bond motifs is 4. The summed E-state index contributed by atoms with van der Waals surface area (Å²) in [4.78, 5) is 15.1. The molecule has 4 heteroatoms. The summed E-state index contributed by atoms with van der Waals surface area (Å²) in [6.45, 7) is 0. The smallest absolute Gasteiger partial charge is 0.164 e. The van der Waals surface area contributed by atoms with E-state index in [0.717, 1.165) is 60.5 Å². The lowest BCUT2D eigenvalue weighted by molar-refractivity contribution is 0.669. The Balaban J connectivity index is 1.46. The first-order valence-corrected chi connectivity index (χ1v) is 13.6. The highest BCUT2D eigenvalue weighted by molar-refractivity contribution is 6.14. The maximum Gasteiger partial charge on any atom is 0.164 e. The summed E-state index contributed by atoms with van der Waals surface area (Å²) in [5.74, 6) is 1.91. The lowest BCUT2D eigenvalue weighted by atomic mass is 9.92. The van der Waals surface area contributed by atoms with Crippen LogP contribution in [0.25, 0.3) is 78.0 Å². The molecular formula is C37H23N3O. The van der Waals surface area contributed by atoms with E-state index in [9.17, 15) is 0 Å². The van der Waals surface area contributed by atoms with Gasteiger partial charge in [0.05, 0.1) is 0 Å². The van der Waals surface area contributed by atoms with E-state index in [-0.39, 0.29) is 0 Å². The quantitative estimate of drug-likeness (QED) is 0.230. The molecule has 0 fully saturated rings. The number of hydrogen-bond donors (Lipinski definition) is 0. The number of hydrogen-bond acceptors (Lipinski definition) is 4. The van der Waals surface area contributed by atoms with E-state index in [2.05, 4.69) is 60.7 Å². The monoisotopic (exact) mass is 525 g/mol. The average molecular weight is 526 g/mol. The van der Waals surface area contributed by atoms with Crippen LogP contribution in [0.15, 0.2) is 144 Å². The van der Waals surface area contributed by atoms with E-state index in [0.29, 0.717) is 17.5 Å².